The van der Waals surface area contributed by atoms with Crippen molar-refractivity contribution in [3.8, 4) is 5.75 Å². The van der Waals surface area contributed by atoms with Crippen molar-refractivity contribution in [3.05, 3.63) is 76.1 Å². The zero-order chi connectivity index (χ0) is 23.3. The smallest absolute Gasteiger partial charge is 0.347 e. The van der Waals surface area contributed by atoms with E-state index in [1.54, 1.807) is 61.5 Å². The molecule has 0 saturated heterocycles. The summed E-state index contributed by atoms with van der Waals surface area (Å²) in [6.07, 6.45) is 0.0436. The topological polar surface area (TPSA) is 164 Å². The van der Waals surface area contributed by atoms with Crippen molar-refractivity contribution in [3.63, 3.8) is 0 Å². The summed E-state index contributed by atoms with van der Waals surface area (Å²) < 4.78 is 10.7. The number of hydrogen-bond donors (Lipinski definition) is 3. The van der Waals surface area contributed by atoms with E-state index in [0.717, 1.165) is 0 Å². The molecular weight excluding hydrogens is 412 g/mol. The maximum Gasteiger partial charge on any atom is 0.347 e. The summed E-state index contributed by atoms with van der Waals surface area (Å²) in [5, 5.41) is 0.565. The Morgan fingerprint density at radius 1 is 1.06 bits per heavy atom. The molecule has 0 amide bonds. The maximum atomic E-state index is 13.5. The van der Waals surface area contributed by atoms with Crippen LogP contribution in [-0.4, -0.2) is 29.8 Å². The Morgan fingerprint density at radius 2 is 1.72 bits per heavy atom. The predicted molar refractivity (Wildman–Crippen MR) is 120 cm³/mol. The fraction of sp³-hybridized carbons (Fsp3) is 0.217. The van der Waals surface area contributed by atoms with E-state index < -0.39 is 22.9 Å². The van der Waals surface area contributed by atoms with Crippen LogP contribution >= 0.6 is 0 Å². The molecule has 9 nitrogen and oxygen atoms in total. The van der Waals surface area contributed by atoms with Gasteiger partial charge in [0.05, 0.1) is 0 Å². The number of nitrogens with zero attached hydrogens (tertiary/aromatic N) is 1. The fourth-order valence-corrected chi connectivity index (χ4v) is 3.35. The first-order chi connectivity index (χ1) is 15.2. The normalized spacial score (nSPS) is 12.7. The first kappa shape index (κ1) is 22.7. The molecule has 3 rings (SSSR count). The van der Waals surface area contributed by atoms with Crippen LogP contribution in [0.4, 0.5) is 0 Å². The number of ether oxygens (including phenoxy) is 1. The summed E-state index contributed by atoms with van der Waals surface area (Å²) in [6, 6.07) is 15.0. The van der Waals surface area contributed by atoms with E-state index in [4.69, 9.17) is 26.4 Å². The van der Waals surface area contributed by atoms with Crippen LogP contribution in [0.1, 0.15) is 28.8 Å². The molecular formula is C23H24N4O5. The fourth-order valence-electron chi connectivity index (χ4n) is 3.35. The van der Waals surface area contributed by atoms with Crippen molar-refractivity contribution in [1.82, 2.24) is 0 Å². The third-order valence-electron chi connectivity index (χ3n) is 5.05. The molecule has 0 aliphatic heterocycles. The van der Waals surface area contributed by atoms with Crippen LogP contribution in [0.3, 0.4) is 0 Å². The molecule has 0 saturated carbocycles. The first-order valence-electron chi connectivity index (χ1n) is 9.93. The SMILES string of the molecule is Cc1c(C(=O)C(N)(CCCN=C(N)N)C(=O)Oc2ccccc2)c(=O)oc2ccccc12. The Labute approximate surface area is 183 Å². The average molecular weight is 436 g/mol. The van der Waals surface area contributed by atoms with Crippen LogP contribution in [0, 0.1) is 6.92 Å². The van der Waals surface area contributed by atoms with Gasteiger partial charge in [-0.05, 0) is 43.5 Å². The molecule has 1 heterocycles. The molecule has 6 N–H and O–H groups in total. The number of hydrogen-bond acceptors (Lipinski definition) is 7. The molecule has 0 radical (unpaired) electrons. The molecule has 2 aromatic carbocycles. The molecule has 9 heteroatoms. The number of ketones is 1. The molecule has 166 valence electrons. The number of aryl methyl sites for hydroxylation is 1. The third-order valence-corrected chi connectivity index (χ3v) is 5.05. The van der Waals surface area contributed by atoms with E-state index in [-0.39, 0.29) is 36.7 Å². The second-order valence-electron chi connectivity index (χ2n) is 7.30. The second kappa shape index (κ2) is 9.44. The molecule has 0 bridgehead atoms. The van der Waals surface area contributed by atoms with Crippen molar-refractivity contribution in [2.24, 2.45) is 22.2 Å². The van der Waals surface area contributed by atoms with Crippen LogP contribution in [-0.2, 0) is 4.79 Å². The third kappa shape index (κ3) is 4.68. The Bertz CT molecular complexity index is 1230. The number of aliphatic imine (C=N–C) groups is 1. The van der Waals surface area contributed by atoms with Gasteiger partial charge in [0.25, 0.3) is 0 Å². The van der Waals surface area contributed by atoms with Gasteiger partial charge in [0.2, 0.25) is 5.78 Å². The van der Waals surface area contributed by atoms with Gasteiger partial charge < -0.3 is 26.4 Å². The van der Waals surface area contributed by atoms with Gasteiger partial charge >= 0.3 is 11.6 Å². The van der Waals surface area contributed by atoms with Crippen LogP contribution < -0.4 is 27.6 Å². The number of benzene rings is 2. The summed E-state index contributed by atoms with van der Waals surface area (Å²) in [5.41, 5.74) is 14.4. The number of para-hydroxylation sites is 2. The zero-order valence-corrected chi connectivity index (χ0v) is 17.5. The van der Waals surface area contributed by atoms with Crippen molar-refractivity contribution < 1.29 is 18.7 Å². The monoisotopic (exact) mass is 436 g/mol. The summed E-state index contributed by atoms with van der Waals surface area (Å²) in [4.78, 5) is 43.2. The van der Waals surface area contributed by atoms with E-state index in [1.807, 2.05) is 0 Å². The summed E-state index contributed by atoms with van der Waals surface area (Å²) in [7, 11) is 0. The van der Waals surface area contributed by atoms with Gasteiger partial charge in [0.1, 0.15) is 16.9 Å². The number of rotatable bonds is 8. The Kier molecular flexibility index (Phi) is 6.70. The minimum atomic E-state index is -2.16. The van der Waals surface area contributed by atoms with E-state index in [9.17, 15) is 14.4 Å². The van der Waals surface area contributed by atoms with E-state index in [1.165, 1.54) is 0 Å². The van der Waals surface area contributed by atoms with E-state index in [0.29, 0.717) is 16.5 Å². The lowest BCUT2D eigenvalue weighted by Gasteiger charge is -2.26. The molecule has 0 aliphatic rings. The first-order valence-corrected chi connectivity index (χ1v) is 9.93. The van der Waals surface area contributed by atoms with Gasteiger partial charge in [0, 0.05) is 11.9 Å². The van der Waals surface area contributed by atoms with Crippen molar-refractivity contribution in [2.45, 2.75) is 25.3 Å². The van der Waals surface area contributed by atoms with Gasteiger partial charge in [-0.3, -0.25) is 9.79 Å². The summed E-state index contributed by atoms with van der Waals surface area (Å²) in [5.74, 6) is -1.80. The highest BCUT2D eigenvalue weighted by Gasteiger charge is 2.46. The minimum Gasteiger partial charge on any atom is -0.425 e. The second-order valence-corrected chi connectivity index (χ2v) is 7.30. The molecule has 1 aromatic heterocycles. The zero-order valence-electron chi connectivity index (χ0n) is 17.5. The summed E-state index contributed by atoms with van der Waals surface area (Å²) in [6.45, 7) is 1.74. The van der Waals surface area contributed by atoms with Crippen LogP contribution in [0.5, 0.6) is 5.75 Å². The summed E-state index contributed by atoms with van der Waals surface area (Å²) >= 11 is 0. The molecule has 0 spiro atoms. The minimum absolute atomic E-state index is 0.128. The molecule has 1 unspecified atom stereocenters. The van der Waals surface area contributed by atoms with Crippen LogP contribution in [0.25, 0.3) is 11.0 Å². The predicted octanol–water partition coefficient (Wildman–Crippen LogP) is 1.64. The average Bonchev–Trinajstić information content (AvgIpc) is 2.77. The lowest BCUT2D eigenvalue weighted by atomic mass is 9.84. The quantitative estimate of drug-likeness (QED) is 0.0701. The standard InChI is InChI=1S/C23H24N4O5/c1-14-16-10-5-6-11-17(16)32-20(29)18(14)19(28)23(26,12-7-13-27-22(24)25)21(30)31-15-8-3-2-4-9-15/h2-6,8-11H,7,12-13,26H2,1H3,(H4,24,25,27). The number of nitrogens with two attached hydrogens (primary N) is 3. The van der Waals surface area contributed by atoms with Gasteiger partial charge in [0.15, 0.2) is 11.5 Å². The Hall–Kier alpha value is -3.98. The number of esters is 1. The number of Topliss-reactive ketones (excluding diaryl/α,β-unsaturated/α-hetero) is 1. The molecule has 1 atom stereocenters. The van der Waals surface area contributed by atoms with Crippen molar-refractivity contribution in [2.75, 3.05) is 6.54 Å². The Balaban J connectivity index is 2.03. The lowest BCUT2D eigenvalue weighted by molar-refractivity contribution is -0.138. The number of carbonyl (C=O) groups is 2. The largest absolute Gasteiger partial charge is 0.425 e. The van der Waals surface area contributed by atoms with Gasteiger partial charge in [-0.25, -0.2) is 9.59 Å². The number of carbonyl (C=O) groups excluding carboxylic acids is 2. The van der Waals surface area contributed by atoms with Crippen molar-refractivity contribution >= 4 is 28.7 Å². The van der Waals surface area contributed by atoms with Crippen molar-refractivity contribution in [1.29, 1.82) is 0 Å². The molecule has 3 aromatic rings. The van der Waals surface area contributed by atoms with Crippen LogP contribution in [0.15, 0.2) is 68.8 Å². The number of guanidine groups is 1. The van der Waals surface area contributed by atoms with Crippen LogP contribution in [0.2, 0.25) is 0 Å². The molecule has 32 heavy (non-hydrogen) atoms. The van der Waals surface area contributed by atoms with Gasteiger partial charge in [-0.2, -0.15) is 0 Å². The maximum absolute atomic E-state index is 13.5. The van der Waals surface area contributed by atoms with Gasteiger partial charge in [-0.15, -0.1) is 0 Å². The highest BCUT2D eigenvalue weighted by atomic mass is 16.5. The Morgan fingerprint density at radius 3 is 2.41 bits per heavy atom. The van der Waals surface area contributed by atoms with E-state index in [2.05, 4.69) is 4.99 Å². The molecule has 0 aliphatic carbocycles. The highest BCUT2D eigenvalue weighted by molar-refractivity contribution is 6.18. The van der Waals surface area contributed by atoms with E-state index >= 15 is 0 Å². The lowest BCUT2D eigenvalue weighted by Crippen LogP contribution is -2.58. The molecule has 0 fully saturated rings. The highest BCUT2D eigenvalue weighted by Crippen LogP contribution is 2.25. The number of fused-ring (bicyclic) bond motifs is 1. The van der Waals surface area contributed by atoms with Gasteiger partial charge in [-0.1, -0.05) is 36.4 Å².